The van der Waals surface area contributed by atoms with E-state index >= 15 is 0 Å². The third kappa shape index (κ3) is 16.5. The van der Waals surface area contributed by atoms with Gasteiger partial charge in [-0.05, 0) is 48.5 Å². The fraction of sp³-hybridized carbons (Fsp3) is 0.421. The number of thiazole rings is 2. The Labute approximate surface area is 330 Å². The minimum Gasteiger partial charge on any atom is -0.497 e. The number of methoxy groups -OCH3 is 2. The van der Waals surface area contributed by atoms with Crippen molar-refractivity contribution in [3.8, 4) is 34.0 Å². The largest absolute Gasteiger partial charge is 0.497 e. The minimum absolute atomic E-state index is 0. The van der Waals surface area contributed by atoms with Gasteiger partial charge < -0.3 is 45.0 Å². The van der Waals surface area contributed by atoms with Crippen LogP contribution in [0.2, 0.25) is 0 Å². The molecule has 0 saturated carbocycles. The van der Waals surface area contributed by atoms with E-state index in [9.17, 15) is 19.2 Å². The maximum Gasteiger partial charge on any atom is 0.314 e. The van der Waals surface area contributed by atoms with E-state index in [0.717, 1.165) is 60.3 Å². The zero-order valence-corrected chi connectivity index (χ0v) is 31.3. The highest BCUT2D eigenvalue weighted by molar-refractivity contribution is 7.14. The zero-order chi connectivity index (χ0) is 37.8. The molecule has 5 heterocycles. The molecule has 0 unspecified atom stereocenters. The summed E-state index contributed by atoms with van der Waals surface area (Å²) in [5.74, 6) is 0.609. The Kier molecular flexibility index (Phi) is 21.2. The molecule has 7 rings (SSSR count). The van der Waals surface area contributed by atoms with Crippen molar-refractivity contribution in [2.75, 3.05) is 77.9 Å². The Morgan fingerprint density at radius 2 is 1.29 bits per heavy atom. The maximum atomic E-state index is 12.1. The predicted molar refractivity (Wildman–Crippen MR) is 215 cm³/mol. The summed E-state index contributed by atoms with van der Waals surface area (Å²) in [6.45, 7) is 6.15. The number of morpholine rings is 2. The summed E-state index contributed by atoms with van der Waals surface area (Å²) in [4.78, 5) is 54.5. The second kappa shape index (κ2) is 25.2. The minimum atomic E-state index is -0.398. The van der Waals surface area contributed by atoms with Crippen molar-refractivity contribution in [2.24, 2.45) is 0 Å². The van der Waals surface area contributed by atoms with Crippen LogP contribution < -0.4 is 25.8 Å². The molecule has 4 aromatic rings. The highest BCUT2D eigenvalue weighted by atomic mass is 32.1. The van der Waals surface area contributed by atoms with Crippen LogP contribution in [0.15, 0.2) is 59.3 Å². The van der Waals surface area contributed by atoms with E-state index in [0.29, 0.717) is 36.6 Å². The normalized spacial score (nSPS) is 14.4. The first-order valence-corrected chi connectivity index (χ1v) is 18.6. The number of nitrogen functional groups attached to an aromatic ring is 1. The van der Waals surface area contributed by atoms with Crippen molar-refractivity contribution in [1.29, 1.82) is 0 Å². The summed E-state index contributed by atoms with van der Waals surface area (Å²) in [5, 5.41) is 10.9. The van der Waals surface area contributed by atoms with Crippen molar-refractivity contribution >= 4 is 56.7 Å². The number of carbonyl (C=O) groups excluding carboxylic acids is 4. The van der Waals surface area contributed by atoms with Gasteiger partial charge in [-0.2, -0.15) is 0 Å². The number of aromatic nitrogens is 2. The molecule has 55 heavy (non-hydrogen) atoms. The molecule has 2 amide bonds. The Hall–Kier alpha value is -4.94. The second-order valence-corrected chi connectivity index (χ2v) is 13.1. The van der Waals surface area contributed by atoms with Crippen molar-refractivity contribution in [3.05, 3.63) is 59.3 Å². The molecule has 3 saturated heterocycles. The molecule has 3 aliphatic rings. The molecule has 0 radical (unpaired) electrons. The van der Waals surface area contributed by atoms with Crippen LogP contribution in [0.3, 0.4) is 0 Å². The van der Waals surface area contributed by atoms with Gasteiger partial charge in [0.05, 0.1) is 64.9 Å². The Bertz CT molecular complexity index is 1710. The number of hydrogen-bond acceptors (Lipinski definition) is 15. The number of hydrogen-bond donors (Lipinski definition) is 3. The fourth-order valence-corrected chi connectivity index (χ4v) is 6.04. The topological polar surface area (TPSA) is 194 Å². The summed E-state index contributed by atoms with van der Waals surface area (Å²) >= 11 is 2.80. The molecule has 2 aromatic heterocycles. The number of ether oxygens (including phenoxy) is 5. The number of nitrogens with two attached hydrogens (primary N) is 1. The highest BCUT2D eigenvalue weighted by Crippen LogP contribution is 2.27. The van der Waals surface area contributed by atoms with Crippen molar-refractivity contribution in [1.82, 2.24) is 20.2 Å². The number of rotatable bonds is 8. The van der Waals surface area contributed by atoms with Gasteiger partial charge in [0.2, 0.25) is 11.8 Å². The molecule has 300 valence electrons. The number of benzene rings is 2. The molecule has 15 nitrogen and oxygen atoms in total. The Morgan fingerprint density at radius 3 is 1.71 bits per heavy atom. The summed E-state index contributed by atoms with van der Waals surface area (Å²) in [7, 11) is 3.27. The molecule has 17 heteroatoms. The van der Waals surface area contributed by atoms with E-state index in [1.165, 1.54) is 22.7 Å². The molecule has 2 aromatic carbocycles. The molecule has 0 bridgehead atoms. The fourth-order valence-electron chi connectivity index (χ4n) is 4.73. The number of carbonyl (C=O) groups is 4. The lowest BCUT2D eigenvalue weighted by Gasteiger charge is -2.26. The molecule has 3 fully saturated rings. The van der Waals surface area contributed by atoms with Crippen molar-refractivity contribution < 1.29 is 42.9 Å². The smallest absolute Gasteiger partial charge is 0.314 e. The van der Waals surface area contributed by atoms with Crippen LogP contribution >= 0.6 is 22.7 Å². The lowest BCUT2D eigenvalue weighted by atomic mass is 10.2. The number of cyclic esters (lactones) is 2. The van der Waals surface area contributed by atoms with Crippen LogP contribution in [-0.2, 0) is 33.4 Å². The van der Waals surface area contributed by atoms with Gasteiger partial charge in [0, 0.05) is 60.9 Å². The third-order valence-electron chi connectivity index (χ3n) is 7.58. The van der Waals surface area contributed by atoms with Crippen LogP contribution in [0.1, 0.15) is 40.5 Å². The van der Waals surface area contributed by atoms with Crippen LogP contribution in [0, 0.1) is 0 Å². The first-order chi connectivity index (χ1) is 25.7. The summed E-state index contributed by atoms with van der Waals surface area (Å²) in [6, 6.07) is 15.3. The number of esters is 2. The molecule has 4 N–H and O–H groups in total. The molecular weight excluding hydrogens is 749 g/mol. The van der Waals surface area contributed by atoms with Gasteiger partial charge in [0.15, 0.2) is 10.3 Å². The number of nitrogens with one attached hydrogen (secondary N) is 2. The predicted octanol–water partition coefficient (Wildman–Crippen LogP) is 5.53. The number of anilines is 2. The van der Waals surface area contributed by atoms with Gasteiger partial charge in [-0.3, -0.25) is 19.2 Å². The SMILES string of the molecule is C.C.C1COCCN1.COc1ccc(-c2csc(N)n2)cc1.COc1ccc(-c2csc(NC(=O)CCC(=O)N3CCOCC3)n2)cc1.O=C1CCC(=O)O1. The monoisotopic (exact) mass is 800 g/mol. The third-order valence-corrected chi connectivity index (χ3v) is 9.01. The van der Waals surface area contributed by atoms with E-state index in [-0.39, 0.29) is 52.4 Å². The lowest BCUT2D eigenvalue weighted by molar-refractivity contribution is -0.152. The van der Waals surface area contributed by atoms with E-state index in [1.807, 2.05) is 59.3 Å². The van der Waals surface area contributed by atoms with Crippen LogP contribution in [-0.4, -0.2) is 105 Å². The Morgan fingerprint density at radius 1 is 0.782 bits per heavy atom. The van der Waals surface area contributed by atoms with Gasteiger partial charge >= 0.3 is 11.9 Å². The highest BCUT2D eigenvalue weighted by Gasteiger charge is 2.19. The summed E-state index contributed by atoms with van der Waals surface area (Å²) in [6.07, 6.45) is 0.869. The quantitative estimate of drug-likeness (QED) is 0.149. The van der Waals surface area contributed by atoms with Gasteiger partial charge in [0.25, 0.3) is 0 Å². The van der Waals surface area contributed by atoms with Crippen LogP contribution in [0.25, 0.3) is 22.5 Å². The first-order valence-electron chi connectivity index (χ1n) is 16.9. The first kappa shape index (κ1) is 46.2. The van der Waals surface area contributed by atoms with Gasteiger partial charge in [-0.1, -0.05) is 14.9 Å². The number of amides is 2. The standard InChI is InChI=1S/C18H21N3O4S.C10H10N2OS.C4H9NO.C4H4O3.2CH4/c1-24-14-4-2-13(3-5-14)15-12-26-18(19-15)20-16(22)6-7-17(23)21-8-10-25-11-9-21;1-13-8-4-2-7(3-5-8)9-6-14-10(11)12-9;1-3-6-4-2-5-1;5-3-1-2-4(6)7-3;;/h2-5,12H,6-11H2,1H3,(H,19,20,22);2-6H,1H3,(H2,11,12);5H,1-4H2;1-2H2;2*1H4. The van der Waals surface area contributed by atoms with Gasteiger partial charge in [-0.25, -0.2) is 9.97 Å². The summed E-state index contributed by atoms with van der Waals surface area (Å²) < 4.78 is 24.5. The average molecular weight is 801 g/mol. The van der Waals surface area contributed by atoms with Gasteiger partial charge in [-0.15, -0.1) is 22.7 Å². The summed E-state index contributed by atoms with van der Waals surface area (Å²) in [5.41, 5.74) is 9.26. The van der Waals surface area contributed by atoms with Crippen LogP contribution in [0.4, 0.5) is 10.3 Å². The molecule has 0 spiro atoms. The second-order valence-electron chi connectivity index (χ2n) is 11.3. The van der Waals surface area contributed by atoms with Gasteiger partial charge in [0.1, 0.15) is 11.5 Å². The average Bonchev–Trinajstić information content (AvgIpc) is 3.96. The van der Waals surface area contributed by atoms with Crippen molar-refractivity contribution in [3.63, 3.8) is 0 Å². The molecule has 0 atom stereocenters. The van der Waals surface area contributed by atoms with E-state index in [4.69, 9.17) is 24.7 Å². The van der Waals surface area contributed by atoms with Crippen molar-refractivity contribution in [2.45, 2.75) is 40.5 Å². The molecule has 3 aliphatic heterocycles. The van der Waals surface area contributed by atoms with E-state index in [2.05, 4.69) is 25.3 Å². The Balaban J connectivity index is 0.000000299. The van der Waals surface area contributed by atoms with Crippen LogP contribution in [0.5, 0.6) is 11.5 Å². The zero-order valence-electron chi connectivity index (χ0n) is 29.7. The van der Waals surface area contributed by atoms with E-state index < -0.39 is 11.9 Å². The maximum absolute atomic E-state index is 12.1. The van der Waals surface area contributed by atoms with E-state index in [1.54, 1.807) is 19.1 Å². The molecule has 0 aliphatic carbocycles. The molecular formula is C38H52N6O9S2. The number of nitrogens with zero attached hydrogens (tertiary/aromatic N) is 3. The lowest BCUT2D eigenvalue weighted by Crippen LogP contribution is -2.40.